The Labute approximate surface area is 183 Å². The van der Waals surface area contributed by atoms with Crippen molar-refractivity contribution in [1.82, 2.24) is 24.3 Å². The number of hydrogen-bond acceptors (Lipinski definition) is 8. The van der Waals surface area contributed by atoms with Gasteiger partial charge in [0, 0.05) is 31.6 Å². The van der Waals surface area contributed by atoms with Crippen molar-refractivity contribution in [3.05, 3.63) is 36.5 Å². The minimum Gasteiger partial charge on any atom is -0.364 e. The summed E-state index contributed by atoms with van der Waals surface area (Å²) in [5.41, 5.74) is 0.891. The topological polar surface area (TPSA) is 133 Å². The van der Waals surface area contributed by atoms with Gasteiger partial charge in [0.05, 0.1) is 18.5 Å². The van der Waals surface area contributed by atoms with Gasteiger partial charge >= 0.3 is 0 Å². The Balaban J connectivity index is 1.69. The number of carbonyl (C=O) groups excluding carboxylic acids is 1. The van der Waals surface area contributed by atoms with Crippen LogP contribution in [-0.2, 0) is 14.6 Å². The second kappa shape index (κ2) is 8.51. The molecule has 4 rings (SSSR count). The van der Waals surface area contributed by atoms with Gasteiger partial charge in [0.2, 0.25) is 5.91 Å². The molecule has 0 aromatic carbocycles. The van der Waals surface area contributed by atoms with E-state index >= 15 is 0 Å². The fraction of sp³-hybridized carbons (Fsp3) is 0.350. The van der Waals surface area contributed by atoms with Gasteiger partial charge in [0.25, 0.3) is 0 Å². The first-order chi connectivity index (χ1) is 15.3. The molecule has 0 bridgehead atoms. The summed E-state index contributed by atoms with van der Waals surface area (Å²) in [6.45, 7) is 0.865. The molecule has 1 unspecified atom stereocenters. The van der Waals surface area contributed by atoms with Crippen LogP contribution in [0.1, 0.15) is 19.3 Å². The highest BCUT2D eigenvalue weighted by Gasteiger charge is 2.26. The van der Waals surface area contributed by atoms with Gasteiger partial charge in [-0.05, 0) is 25.0 Å². The number of imidazole rings is 1. The average Bonchev–Trinajstić information content (AvgIpc) is 3.16. The maximum atomic E-state index is 13.7. The van der Waals surface area contributed by atoms with E-state index in [1.807, 2.05) is 6.07 Å². The van der Waals surface area contributed by atoms with Gasteiger partial charge in [0.15, 0.2) is 15.7 Å². The number of amides is 1. The van der Waals surface area contributed by atoms with Gasteiger partial charge in [-0.3, -0.25) is 9.20 Å². The molecule has 1 fully saturated rings. The van der Waals surface area contributed by atoms with Crippen molar-refractivity contribution >= 4 is 27.2 Å². The summed E-state index contributed by atoms with van der Waals surface area (Å²) in [6, 6.07) is 4.40. The first kappa shape index (κ1) is 21.6. The van der Waals surface area contributed by atoms with Crippen molar-refractivity contribution in [2.45, 2.75) is 30.2 Å². The van der Waals surface area contributed by atoms with E-state index in [2.05, 4.69) is 20.3 Å². The van der Waals surface area contributed by atoms with Crippen molar-refractivity contribution in [3.63, 3.8) is 0 Å². The number of anilines is 1. The predicted molar refractivity (Wildman–Crippen MR) is 113 cm³/mol. The minimum atomic E-state index is -3.65. The van der Waals surface area contributed by atoms with Crippen LogP contribution < -0.4 is 5.32 Å². The zero-order valence-electron chi connectivity index (χ0n) is 17.2. The highest BCUT2D eigenvalue weighted by molar-refractivity contribution is 7.90. The van der Waals surface area contributed by atoms with E-state index in [-0.39, 0.29) is 34.9 Å². The summed E-state index contributed by atoms with van der Waals surface area (Å²) in [5.74, 6) is -0.458. The molecule has 3 aromatic rings. The number of rotatable bonds is 5. The Morgan fingerprint density at radius 1 is 1.34 bits per heavy atom. The minimum absolute atomic E-state index is 0.0817. The highest BCUT2D eigenvalue weighted by Crippen LogP contribution is 2.26. The highest BCUT2D eigenvalue weighted by atomic mass is 32.2. The summed E-state index contributed by atoms with van der Waals surface area (Å²) in [6.07, 6.45) is 6.19. The molecule has 1 saturated heterocycles. The van der Waals surface area contributed by atoms with Crippen LogP contribution >= 0.6 is 0 Å². The molecule has 32 heavy (non-hydrogen) atoms. The van der Waals surface area contributed by atoms with Crippen LogP contribution in [0.25, 0.3) is 17.2 Å². The Hall–Kier alpha value is -3.59. The number of likely N-dealkylation sites (tertiary alicyclic amines) is 1. The largest absolute Gasteiger partial charge is 0.364 e. The van der Waals surface area contributed by atoms with E-state index in [1.165, 1.54) is 35.1 Å². The molecule has 0 aliphatic carbocycles. The Kier molecular flexibility index (Phi) is 5.75. The smallest absolute Gasteiger partial charge is 0.236 e. The number of nitriles is 1. The first-order valence-electron chi connectivity index (χ1n) is 9.87. The number of fused-ring (bicyclic) bond motifs is 1. The van der Waals surface area contributed by atoms with Gasteiger partial charge in [-0.15, -0.1) is 0 Å². The number of aromatic nitrogens is 4. The lowest BCUT2D eigenvalue weighted by molar-refractivity contribution is -0.131. The molecule has 0 spiro atoms. The fourth-order valence-corrected chi connectivity index (χ4v) is 4.38. The van der Waals surface area contributed by atoms with E-state index in [9.17, 15) is 17.6 Å². The van der Waals surface area contributed by atoms with Crippen LogP contribution in [0, 0.1) is 17.1 Å². The van der Waals surface area contributed by atoms with Crippen LogP contribution in [0.4, 0.5) is 10.2 Å². The maximum Gasteiger partial charge on any atom is 0.236 e. The Morgan fingerprint density at radius 3 is 2.91 bits per heavy atom. The van der Waals surface area contributed by atoms with E-state index in [4.69, 9.17) is 5.26 Å². The van der Waals surface area contributed by atoms with Gasteiger partial charge in [-0.25, -0.2) is 27.8 Å². The Bertz CT molecular complexity index is 1330. The van der Waals surface area contributed by atoms with E-state index in [0.717, 1.165) is 6.26 Å². The lowest BCUT2D eigenvalue weighted by Crippen LogP contribution is -2.45. The van der Waals surface area contributed by atoms with Crippen molar-refractivity contribution < 1.29 is 17.6 Å². The van der Waals surface area contributed by atoms with E-state index < -0.39 is 15.7 Å². The van der Waals surface area contributed by atoms with Crippen LogP contribution in [0.5, 0.6) is 0 Å². The quantitative estimate of drug-likeness (QED) is 0.611. The molecule has 4 heterocycles. The standard InChI is InChI=1S/C20H20FN7O3S/c1-32(30,31)16-10-24-19(15-9-23-17-5-4-13(21)11-28(15)17)26-20(16)25-14-3-2-8-27(12-14)18(29)6-7-22/h4-5,9-11,14H,2-3,6,8,12H2,1H3,(H,24,25,26). The van der Waals surface area contributed by atoms with Crippen LogP contribution in [0.2, 0.25) is 0 Å². The molecule has 1 atom stereocenters. The third-order valence-corrected chi connectivity index (χ3v) is 6.30. The predicted octanol–water partition coefficient (Wildman–Crippen LogP) is 1.65. The summed E-state index contributed by atoms with van der Waals surface area (Å²) in [7, 11) is -3.65. The van der Waals surface area contributed by atoms with Crippen molar-refractivity contribution in [1.29, 1.82) is 5.26 Å². The number of sulfone groups is 1. The zero-order chi connectivity index (χ0) is 22.9. The van der Waals surface area contributed by atoms with Crippen LogP contribution in [0.15, 0.2) is 35.6 Å². The molecule has 1 aliphatic heterocycles. The summed E-state index contributed by atoms with van der Waals surface area (Å²) >= 11 is 0. The Morgan fingerprint density at radius 2 is 2.16 bits per heavy atom. The molecule has 1 aliphatic rings. The van der Waals surface area contributed by atoms with Gasteiger partial charge in [0.1, 0.15) is 34.3 Å². The number of piperidine rings is 1. The lowest BCUT2D eigenvalue weighted by atomic mass is 10.1. The van der Waals surface area contributed by atoms with E-state index in [1.54, 1.807) is 4.90 Å². The van der Waals surface area contributed by atoms with Gasteiger partial charge in [-0.1, -0.05) is 0 Å². The zero-order valence-corrected chi connectivity index (χ0v) is 18.0. The fourth-order valence-electron chi connectivity index (χ4n) is 3.68. The molecular weight excluding hydrogens is 437 g/mol. The number of carbonyl (C=O) groups is 1. The lowest BCUT2D eigenvalue weighted by Gasteiger charge is -2.33. The first-order valence-corrected chi connectivity index (χ1v) is 11.8. The summed E-state index contributed by atoms with van der Waals surface area (Å²) < 4.78 is 39.9. The van der Waals surface area contributed by atoms with Crippen molar-refractivity contribution in [2.75, 3.05) is 24.7 Å². The maximum absolute atomic E-state index is 13.7. The summed E-state index contributed by atoms with van der Waals surface area (Å²) in [4.78, 5) is 26.4. The number of pyridine rings is 1. The second-order valence-electron chi connectivity index (χ2n) is 7.56. The number of halogens is 1. The van der Waals surface area contributed by atoms with Crippen molar-refractivity contribution in [3.8, 4) is 17.6 Å². The van der Waals surface area contributed by atoms with Crippen molar-refractivity contribution in [2.24, 2.45) is 0 Å². The molecule has 166 valence electrons. The summed E-state index contributed by atoms with van der Waals surface area (Å²) in [5, 5.41) is 11.9. The molecule has 12 heteroatoms. The molecule has 1 N–H and O–H groups in total. The molecular formula is C20H20FN7O3S. The number of nitrogens with zero attached hydrogens (tertiary/aromatic N) is 6. The van der Waals surface area contributed by atoms with Gasteiger partial charge in [-0.2, -0.15) is 5.26 Å². The third-order valence-electron chi connectivity index (χ3n) is 5.20. The van der Waals surface area contributed by atoms with Gasteiger partial charge < -0.3 is 10.2 Å². The van der Waals surface area contributed by atoms with E-state index in [0.29, 0.717) is 37.3 Å². The third kappa shape index (κ3) is 4.38. The second-order valence-corrected chi connectivity index (χ2v) is 9.54. The number of nitrogens with one attached hydrogen (secondary N) is 1. The molecule has 0 saturated carbocycles. The monoisotopic (exact) mass is 457 g/mol. The average molecular weight is 457 g/mol. The molecule has 3 aromatic heterocycles. The molecule has 0 radical (unpaired) electrons. The normalized spacial score (nSPS) is 16.7. The van der Waals surface area contributed by atoms with Crippen LogP contribution in [-0.4, -0.2) is 64.0 Å². The molecule has 10 nitrogen and oxygen atoms in total. The molecule has 1 amide bonds. The SMILES string of the molecule is CS(=O)(=O)c1cnc(-c2cnc3ccc(F)cn23)nc1NC1CCCN(C(=O)CC#N)C1. The number of hydrogen-bond donors (Lipinski definition) is 1. The van der Waals surface area contributed by atoms with Crippen LogP contribution in [0.3, 0.4) is 0 Å².